The van der Waals surface area contributed by atoms with Gasteiger partial charge in [0.1, 0.15) is 13.2 Å². The van der Waals surface area contributed by atoms with Crippen molar-refractivity contribution in [3.8, 4) is 11.5 Å². The molecule has 0 aliphatic rings. The maximum Gasteiger partial charge on any atom is 0.161 e. The Hall–Kier alpha value is -1.26. The van der Waals surface area contributed by atoms with Crippen LogP contribution in [0.2, 0.25) is 0 Å². The van der Waals surface area contributed by atoms with Crippen LogP contribution in [0, 0.1) is 0 Å². The van der Waals surface area contributed by atoms with Crippen LogP contribution >= 0.6 is 0 Å². The Morgan fingerprint density at radius 3 is 2.12 bits per heavy atom. The van der Waals surface area contributed by atoms with E-state index in [1.165, 1.54) is 5.56 Å². The average molecular weight is 238 g/mol. The number of ether oxygens (including phenoxy) is 2. The van der Waals surface area contributed by atoms with Crippen LogP contribution < -0.4 is 20.9 Å². The van der Waals surface area contributed by atoms with Gasteiger partial charge in [0.05, 0.1) is 0 Å². The van der Waals surface area contributed by atoms with Gasteiger partial charge in [-0.05, 0) is 23.6 Å². The molecule has 0 aliphatic carbocycles. The highest BCUT2D eigenvalue weighted by Crippen LogP contribution is 2.30. The molecule has 17 heavy (non-hydrogen) atoms. The largest absolute Gasteiger partial charge is 0.488 e. The Kier molecular flexibility index (Phi) is 5.80. The maximum atomic E-state index is 5.58. The van der Waals surface area contributed by atoms with Crippen molar-refractivity contribution in [2.24, 2.45) is 11.5 Å². The molecule has 0 unspecified atom stereocenters. The molecule has 0 heterocycles. The van der Waals surface area contributed by atoms with Crippen molar-refractivity contribution in [3.05, 3.63) is 23.8 Å². The molecule has 0 aliphatic heterocycles. The average Bonchev–Trinajstić information content (AvgIpc) is 2.34. The van der Waals surface area contributed by atoms with Gasteiger partial charge in [0.25, 0.3) is 0 Å². The SMILES string of the molecule is CC(C)c1ccc(OCCN)c(OCCN)c1. The smallest absolute Gasteiger partial charge is 0.161 e. The van der Waals surface area contributed by atoms with E-state index < -0.39 is 0 Å². The second-order valence-electron chi connectivity index (χ2n) is 4.14. The van der Waals surface area contributed by atoms with E-state index in [-0.39, 0.29) is 0 Å². The molecule has 0 aromatic heterocycles. The van der Waals surface area contributed by atoms with Gasteiger partial charge in [-0.15, -0.1) is 0 Å². The van der Waals surface area contributed by atoms with Crippen LogP contribution in [-0.2, 0) is 0 Å². The number of benzene rings is 1. The molecule has 0 bridgehead atoms. The lowest BCUT2D eigenvalue weighted by molar-refractivity contribution is 0.277. The van der Waals surface area contributed by atoms with Gasteiger partial charge >= 0.3 is 0 Å². The lowest BCUT2D eigenvalue weighted by atomic mass is 10.0. The maximum absolute atomic E-state index is 5.58. The molecule has 4 N–H and O–H groups in total. The zero-order chi connectivity index (χ0) is 12.7. The van der Waals surface area contributed by atoms with E-state index in [1.807, 2.05) is 18.2 Å². The van der Waals surface area contributed by atoms with Crippen LogP contribution in [0.25, 0.3) is 0 Å². The third-order valence-corrected chi connectivity index (χ3v) is 2.39. The Morgan fingerprint density at radius 2 is 1.59 bits per heavy atom. The molecule has 1 aromatic rings. The van der Waals surface area contributed by atoms with Crippen LogP contribution in [0.15, 0.2) is 18.2 Å². The summed E-state index contributed by atoms with van der Waals surface area (Å²) < 4.78 is 11.1. The highest BCUT2D eigenvalue weighted by Gasteiger charge is 2.08. The third kappa shape index (κ3) is 4.24. The van der Waals surface area contributed by atoms with Crippen molar-refractivity contribution >= 4 is 0 Å². The van der Waals surface area contributed by atoms with Gasteiger partial charge < -0.3 is 20.9 Å². The first-order valence-electron chi connectivity index (χ1n) is 5.98. The predicted octanol–water partition coefficient (Wildman–Crippen LogP) is 1.48. The Balaban J connectivity index is 2.86. The van der Waals surface area contributed by atoms with Crippen molar-refractivity contribution in [1.29, 1.82) is 0 Å². The van der Waals surface area contributed by atoms with Crippen molar-refractivity contribution in [3.63, 3.8) is 0 Å². The van der Waals surface area contributed by atoms with Crippen molar-refractivity contribution < 1.29 is 9.47 Å². The molecule has 0 radical (unpaired) electrons. The fourth-order valence-corrected chi connectivity index (χ4v) is 1.45. The normalized spacial score (nSPS) is 10.6. The summed E-state index contributed by atoms with van der Waals surface area (Å²) >= 11 is 0. The Bertz CT molecular complexity index is 340. The van der Waals surface area contributed by atoms with Gasteiger partial charge in [0.2, 0.25) is 0 Å². The zero-order valence-corrected chi connectivity index (χ0v) is 10.6. The van der Waals surface area contributed by atoms with Crippen LogP contribution in [-0.4, -0.2) is 26.3 Å². The van der Waals surface area contributed by atoms with E-state index in [1.54, 1.807) is 0 Å². The van der Waals surface area contributed by atoms with Gasteiger partial charge in [0, 0.05) is 13.1 Å². The van der Waals surface area contributed by atoms with E-state index in [4.69, 9.17) is 20.9 Å². The minimum Gasteiger partial charge on any atom is -0.488 e. The summed E-state index contributed by atoms with van der Waals surface area (Å²) in [6, 6.07) is 5.98. The molecule has 0 amide bonds. The Labute approximate surface area is 103 Å². The lowest BCUT2D eigenvalue weighted by Crippen LogP contribution is -2.14. The van der Waals surface area contributed by atoms with E-state index in [0.29, 0.717) is 32.2 Å². The highest BCUT2D eigenvalue weighted by molar-refractivity contribution is 5.43. The Morgan fingerprint density at radius 1 is 1.00 bits per heavy atom. The molecule has 0 spiro atoms. The van der Waals surface area contributed by atoms with E-state index in [0.717, 1.165) is 11.5 Å². The first-order chi connectivity index (χ1) is 8.19. The summed E-state index contributed by atoms with van der Waals surface area (Å²) in [5, 5.41) is 0. The summed E-state index contributed by atoms with van der Waals surface area (Å²) in [4.78, 5) is 0. The number of hydrogen-bond donors (Lipinski definition) is 2. The van der Waals surface area contributed by atoms with Crippen LogP contribution in [0.3, 0.4) is 0 Å². The lowest BCUT2D eigenvalue weighted by Gasteiger charge is -2.14. The molecule has 0 fully saturated rings. The fourth-order valence-electron chi connectivity index (χ4n) is 1.45. The second kappa shape index (κ2) is 7.14. The van der Waals surface area contributed by atoms with Crippen LogP contribution in [0.5, 0.6) is 11.5 Å². The molecule has 0 saturated heterocycles. The molecular formula is C13H22N2O2. The monoisotopic (exact) mass is 238 g/mol. The first kappa shape index (κ1) is 13.8. The van der Waals surface area contributed by atoms with Gasteiger partial charge in [-0.3, -0.25) is 0 Å². The summed E-state index contributed by atoms with van der Waals surface area (Å²) in [7, 11) is 0. The highest BCUT2D eigenvalue weighted by atomic mass is 16.5. The fraction of sp³-hybridized carbons (Fsp3) is 0.538. The number of rotatable bonds is 7. The van der Waals surface area contributed by atoms with Crippen LogP contribution in [0.1, 0.15) is 25.3 Å². The van der Waals surface area contributed by atoms with E-state index in [2.05, 4.69) is 13.8 Å². The molecule has 0 saturated carbocycles. The third-order valence-electron chi connectivity index (χ3n) is 2.39. The summed E-state index contributed by atoms with van der Waals surface area (Å²) in [6.07, 6.45) is 0. The quantitative estimate of drug-likeness (QED) is 0.755. The summed E-state index contributed by atoms with van der Waals surface area (Å²) in [5.41, 5.74) is 12.1. The molecule has 4 nitrogen and oxygen atoms in total. The van der Waals surface area contributed by atoms with E-state index >= 15 is 0 Å². The number of nitrogens with two attached hydrogens (primary N) is 2. The van der Waals surface area contributed by atoms with Gasteiger partial charge in [-0.2, -0.15) is 0 Å². The number of hydrogen-bond acceptors (Lipinski definition) is 4. The topological polar surface area (TPSA) is 70.5 Å². The predicted molar refractivity (Wildman–Crippen MR) is 69.6 cm³/mol. The first-order valence-corrected chi connectivity index (χ1v) is 5.98. The molecule has 1 aromatic carbocycles. The second-order valence-corrected chi connectivity index (χ2v) is 4.14. The summed E-state index contributed by atoms with van der Waals surface area (Å²) in [6.45, 7) is 6.23. The van der Waals surface area contributed by atoms with Crippen molar-refractivity contribution in [2.75, 3.05) is 26.3 Å². The molecule has 0 atom stereocenters. The van der Waals surface area contributed by atoms with E-state index in [9.17, 15) is 0 Å². The van der Waals surface area contributed by atoms with Gasteiger partial charge in [-0.1, -0.05) is 19.9 Å². The minimum atomic E-state index is 0.457. The minimum absolute atomic E-state index is 0.457. The molecule has 96 valence electrons. The van der Waals surface area contributed by atoms with Crippen molar-refractivity contribution in [2.45, 2.75) is 19.8 Å². The molecule has 4 heteroatoms. The zero-order valence-electron chi connectivity index (χ0n) is 10.6. The molecule has 1 rings (SSSR count). The van der Waals surface area contributed by atoms with Crippen molar-refractivity contribution in [1.82, 2.24) is 0 Å². The van der Waals surface area contributed by atoms with Gasteiger partial charge in [0.15, 0.2) is 11.5 Å². The summed E-state index contributed by atoms with van der Waals surface area (Å²) in [5.74, 6) is 1.93. The standard InChI is InChI=1S/C13H22N2O2/c1-10(2)11-3-4-12(16-7-5-14)13(9-11)17-8-6-15/h3-4,9-10H,5-8,14-15H2,1-2H3. The molecular weight excluding hydrogens is 216 g/mol. The van der Waals surface area contributed by atoms with Crippen LogP contribution in [0.4, 0.5) is 0 Å². The van der Waals surface area contributed by atoms with Gasteiger partial charge in [-0.25, -0.2) is 0 Å².